The van der Waals surface area contributed by atoms with Crippen molar-refractivity contribution in [3.05, 3.63) is 0 Å². The van der Waals surface area contributed by atoms with Crippen LogP contribution < -0.4 is 5.32 Å². The van der Waals surface area contributed by atoms with E-state index >= 15 is 0 Å². The lowest BCUT2D eigenvalue weighted by atomic mass is 9.98. The van der Waals surface area contributed by atoms with Crippen molar-refractivity contribution in [3.8, 4) is 0 Å². The maximum atomic E-state index is 12.1. The van der Waals surface area contributed by atoms with E-state index in [1.807, 2.05) is 0 Å². The van der Waals surface area contributed by atoms with E-state index in [1.165, 1.54) is 0 Å². The molecule has 2 unspecified atom stereocenters. The van der Waals surface area contributed by atoms with Crippen LogP contribution in [0, 0.1) is 0 Å². The summed E-state index contributed by atoms with van der Waals surface area (Å²) in [6.07, 6.45) is 0.929. The average molecular weight is 242 g/mol. The van der Waals surface area contributed by atoms with Crippen LogP contribution in [0.25, 0.3) is 0 Å². The second-order valence-corrected chi connectivity index (χ2v) is 6.36. The highest BCUT2D eigenvalue weighted by Gasteiger charge is 2.51. The van der Waals surface area contributed by atoms with Crippen molar-refractivity contribution >= 4 is 23.6 Å². The molecule has 4 nitrogen and oxygen atoms in total. The van der Waals surface area contributed by atoms with E-state index in [0.717, 1.165) is 18.7 Å². The number of piperazine rings is 1. The molecule has 0 aliphatic carbocycles. The van der Waals surface area contributed by atoms with Crippen molar-refractivity contribution in [3.63, 3.8) is 0 Å². The summed E-state index contributed by atoms with van der Waals surface area (Å²) >= 11 is 1.78. The maximum Gasteiger partial charge on any atom is 0.248 e. The summed E-state index contributed by atoms with van der Waals surface area (Å²) in [4.78, 5) is 25.9. The van der Waals surface area contributed by atoms with Gasteiger partial charge < -0.3 is 10.2 Å². The second-order valence-electron chi connectivity index (χ2n) is 4.84. The minimum Gasteiger partial charge on any atom is -0.340 e. The third-order valence-corrected chi connectivity index (χ3v) is 4.48. The lowest BCUT2D eigenvalue weighted by Gasteiger charge is -2.40. The van der Waals surface area contributed by atoms with E-state index in [2.05, 4.69) is 12.2 Å². The standard InChI is InChI=1S/C11H18N2O2S/c1-4-16-7-5-6-13-8(7)9(14)12-11(2,3)10(13)15/h7-8H,4-6H2,1-3H3,(H,12,14). The Kier molecular flexibility index (Phi) is 2.90. The van der Waals surface area contributed by atoms with Crippen molar-refractivity contribution in [1.82, 2.24) is 10.2 Å². The van der Waals surface area contributed by atoms with Gasteiger partial charge in [-0.2, -0.15) is 11.8 Å². The van der Waals surface area contributed by atoms with Gasteiger partial charge in [0.15, 0.2) is 0 Å². The molecule has 2 fully saturated rings. The highest BCUT2D eigenvalue weighted by atomic mass is 32.2. The summed E-state index contributed by atoms with van der Waals surface area (Å²) < 4.78 is 0. The minimum atomic E-state index is -0.737. The van der Waals surface area contributed by atoms with Crippen LogP contribution in [0.15, 0.2) is 0 Å². The number of rotatable bonds is 2. The third-order valence-electron chi connectivity index (χ3n) is 3.22. The Bertz CT molecular complexity index is 330. The Morgan fingerprint density at radius 3 is 2.81 bits per heavy atom. The molecule has 5 heteroatoms. The van der Waals surface area contributed by atoms with E-state index < -0.39 is 5.54 Å². The molecule has 0 aromatic heterocycles. The number of hydrogen-bond acceptors (Lipinski definition) is 3. The first kappa shape index (κ1) is 11.8. The quantitative estimate of drug-likeness (QED) is 0.772. The van der Waals surface area contributed by atoms with Crippen molar-refractivity contribution in [2.75, 3.05) is 12.3 Å². The highest BCUT2D eigenvalue weighted by molar-refractivity contribution is 7.99. The van der Waals surface area contributed by atoms with Gasteiger partial charge in [0.25, 0.3) is 0 Å². The van der Waals surface area contributed by atoms with Crippen LogP contribution in [0.2, 0.25) is 0 Å². The SMILES string of the molecule is CCSC1CCN2C(=O)C(C)(C)NC(=O)C12. The van der Waals surface area contributed by atoms with Gasteiger partial charge in [-0.05, 0) is 26.0 Å². The zero-order chi connectivity index (χ0) is 11.9. The molecule has 0 spiro atoms. The maximum absolute atomic E-state index is 12.1. The predicted molar refractivity (Wildman–Crippen MR) is 64.3 cm³/mol. The van der Waals surface area contributed by atoms with Gasteiger partial charge in [-0.25, -0.2) is 0 Å². The van der Waals surface area contributed by atoms with Gasteiger partial charge in [-0.15, -0.1) is 0 Å². The molecule has 2 aliphatic rings. The Morgan fingerprint density at radius 1 is 1.50 bits per heavy atom. The van der Waals surface area contributed by atoms with E-state index in [-0.39, 0.29) is 23.1 Å². The fourth-order valence-electron chi connectivity index (χ4n) is 2.49. The van der Waals surface area contributed by atoms with E-state index in [1.54, 1.807) is 30.5 Å². The molecule has 1 N–H and O–H groups in total. The molecule has 0 radical (unpaired) electrons. The molecule has 2 saturated heterocycles. The van der Waals surface area contributed by atoms with E-state index in [0.29, 0.717) is 0 Å². The lowest BCUT2D eigenvalue weighted by Crippen LogP contribution is -2.67. The van der Waals surface area contributed by atoms with E-state index in [4.69, 9.17) is 0 Å². The van der Waals surface area contributed by atoms with Crippen molar-refractivity contribution in [2.45, 2.75) is 44.0 Å². The number of amides is 2. The summed E-state index contributed by atoms with van der Waals surface area (Å²) in [6.45, 7) is 6.34. The van der Waals surface area contributed by atoms with Crippen LogP contribution in [-0.2, 0) is 9.59 Å². The summed E-state index contributed by atoms with van der Waals surface area (Å²) in [6, 6.07) is -0.245. The number of hydrogen-bond donors (Lipinski definition) is 1. The highest BCUT2D eigenvalue weighted by Crippen LogP contribution is 2.33. The molecule has 2 heterocycles. The number of fused-ring (bicyclic) bond motifs is 1. The number of nitrogens with one attached hydrogen (secondary N) is 1. The molecule has 16 heavy (non-hydrogen) atoms. The molecular weight excluding hydrogens is 224 g/mol. The minimum absolute atomic E-state index is 0.00745. The molecule has 0 saturated carbocycles. The fourth-order valence-corrected chi connectivity index (χ4v) is 3.64. The Labute approximate surface area is 100 Å². The summed E-state index contributed by atoms with van der Waals surface area (Å²) in [5, 5.41) is 3.09. The zero-order valence-corrected chi connectivity index (χ0v) is 10.8. The molecule has 0 bridgehead atoms. The fraction of sp³-hybridized carbons (Fsp3) is 0.818. The van der Waals surface area contributed by atoms with Gasteiger partial charge in [0.1, 0.15) is 11.6 Å². The lowest BCUT2D eigenvalue weighted by molar-refractivity contribution is -0.150. The summed E-state index contributed by atoms with van der Waals surface area (Å²) in [5.74, 6) is 1.05. The molecule has 2 amide bonds. The van der Waals surface area contributed by atoms with Crippen LogP contribution in [0.4, 0.5) is 0 Å². The van der Waals surface area contributed by atoms with Crippen LogP contribution in [0.1, 0.15) is 27.2 Å². The largest absolute Gasteiger partial charge is 0.340 e. The first-order valence-corrected chi connectivity index (χ1v) is 6.77. The first-order chi connectivity index (χ1) is 7.47. The summed E-state index contributed by atoms with van der Waals surface area (Å²) in [5.41, 5.74) is -0.737. The summed E-state index contributed by atoms with van der Waals surface area (Å²) in [7, 11) is 0. The molecule has 0 aromatic rings. The van der Waals surface area contributed by atoms with Gasteiger partial charge in [-0.1, -0.05) is 6.92 Å². The smallest absolute Gasteiger partial charge is 0.248 e. The van der Waals surface area contributed by atoms with Gasteiger partial charge >= 0.3 is 0 Å². The van der Waals surface area contributed by atoms with Crippen LogP contribution in [0.3, 0.4) is 0 Å². The average Bonchev–Trinajstić information content (AvgIpc) is 2.59. The van der Waals surface area contributed by atoms with Gasteiger partial charge in [0.05, 0.1) is 0 Å². The molecule has 2 aliphatic heterocycles. The Morgan fingerprint density at radius 2 is 2.19 bits per heavy atom. The van der Waals surface area contributed by atoms with E-state index in [9.17, 15) is 9.59 Å². The molecule has 90 valence electrons. The van der Waals surface area contributed by atoms with Gasteiger partial charge in [0.2, 0.25) is 11.8 Å². The second kappa shape index (κ2) is 3.95. The third kappa shape index (κ3) is 1.71. The molecule has 2 rings (SSSR count). The molecule has 0 aromatic carbocycles. The van der Waals surface area contributed by atoms with Crippen LogP contribution in [0.5, 0.6) is 0 Å². The Balaban J connectivity index is 2.22. The first-order valence-electron chi connectivity index (χ1n) is 5.72. The van der Waals surface area contributed by atoms with Crippen LogP contribution >= 0.6 is 11.8 Å². The van der Waals surface area contributed by atoms with Crippen molar-refractivity contribution < 1.29 is 9.59 Å². The van der Waals surface area contributed by atoms with Gasteiger partial charge in [-0.3, -0.25) is 9.59 Å². The normalized spacial score (nSPS) is 32.6. The number of carbonyl (C=O) groups is 2. The topological polar surface area (TPSA) is 49.4 Å². The van der Waals surface area contributed by atoms with Gasteiger partial charge in [0, 0.05) is 11.8 Å². The predicted octanol–water partition coefficient (Wildman–Crippen LogP) is 0.617. The number of nitrogens with zero attached hydrogens (tertiary/aromatic N) is 1. The van der Waals surface area contributed by atoms with Crippen LogP contribution in [-0.4, -0.2) is 45.8 Å². The van der Waals surface area contributed by atoms with Crippen molar-refractivity contribution in [1.29, 1.82) is 0 Å². The number of thioether (sulfide) groups is 1. The molecular formula is C11H18N2O2S. The Hall–Kier alpha value is -0.710. The number of carbonyl (C=O) groups excluding carboxylic acids is 2. The molecule has 2 atom stereocenters. The van der Waals surface area contributed by atoms with Crippen molar-refractivity contribution in [2.24, 2.45) is 0 Å². The zero-order valence-electron chi connectivity index (χ0n) is 9.95. The monoisotopic (exact) mass is 242 g/mol.